The van der Waals surface area contributed by atoms with E-state index in [2.05, 4.69) is 40.5 Å². The molecule has 0 radical (unpaired) electrons. The van der Waals surface area contributed by atoms with Crippen LogP contribution >= 0.6 is 0 Å². The summed E-state index contributed by atoms with van der Waals surface area (Å²) in [5.41, 5.74) is 19.2. The first kappa shape index (κ1) is 34.3. The number of anilines is 7. The molecule has 0 aliphatic rings. The minimum atomic E-state index is -4.93. The minimum absolute atomic E-state index is 0.00375. The third kappa shape index (κ3) is 8.20. The van der Waals surface area contributed by atoms with E-state index in [0.717, 1.165) is 12.1 Å². The Morgan fingerprint density at radius 3 is 1.55 bits per heavy atom. The van der Waals surface area contributed by atoms with Gasteiger partial charge in [-0.2, -0.15) is 46.7 Å². The molecule has 0 fully saturated rings. The minimum Gasteiger partial charge on any atom is -0.398 e. The zero-order chi connectivity index (χ0) is 36.3. The summed E-state index contributed by atoms with van der Waals surface area (Å²) in [5.74, 6) is -0.255. The van der Waals surface area contributed by atoms with Gasteiger partial charge >= 0.3 is 0 Å². The van der Waals surface area contributed by atoms with Gasteiger partial charge in [0.2, 0.25) is 23.8 Å². The molecule has 0 saturated carbocycles. The fraction of sp³-hybridized carbons (Fsp3) is 0. The van der Waals surface area contributed by atoms with Crippen LogP contribution in [0.2, 0.25) is 0 Å². The van der Waals surface area contributed by atoms with Crippen LogP contribution in [0.3, 0.4) is 0 Å². The van der Waals surface area contributed by atoms with Crippen LogP contribution in [0.5, 0.6) is 0 Å². The maximum Gasteiger partial charge on any atom is 0.295 e. The molecule has 0 bridgehead atoms. The topological polar surface area (TPSA) is 288 Å². The summed E-state index contributed by atoms with van der Waals surface area (Å²) in [6.45, 7) is 0. The van der Waals surface area contributed by atoms with Gasteiger partial charge in [0.25, 0.3) is 20.2 Å². The molecule has 10 N–H and O–H groups in total. The highest BCUT2D eigenvalue weighted by atomic mass is 32.2. The Bertz CT molecular complexity index is 2520. The van der Waals surface area contributed by atoms with Crippen molar-refractivity contribution >= 4 is 73.2 Å². The standard InChI is InChI=1S/C32H27N11O6S2/c33-24-15-20(28-39-30(35)43-32(41-28)37-22-9-5-2-6-10-22)17-26(51(47,48)49)23(24)14-13-18-11-12-19(16-25(18)50(44,45)46)27-38-29(34)42-31(40-27)36-21-7-3-1-4-8-21/h1-17H,33H2,(H,44,45,46)(H,47,48,49)(H3,34,36,38,40,42)(H3,35,37,39,41,43). The predicted molar refractivity (Wildman–Crippen MR) is 192 cm³/mol. The van der Waals surface area contributed by atoms with Gasteiger partial charge in [0.1, 0.15) is 9.79 Å². The smallest absolute Gasteiger partial charge is 0.295 e. The summed E-state index contributed by atoms with van der Waals surface area (Å²) in [7, 11) is -9.80. The van der Waals surface area contributed by atoms with Crippen LogP contribution in [0.4, 0.5) is 40.9 Å². The molecule has 0 amide bonds. The van der Waals surface area contributed by atoms with E-state index < -0.39 is 30.0 Å². The molecule has 6 aromatic rings. The van der Waals surface area contributed by atoms with Crippen molar-refractivity contribution in [1.82, 2.24) is 29.9 Å². The van der Waals surface area contributed by atoms with Crippen LogP contribution in [0.1, 0.15) is 11.1 Å². The average molecular weight is 726 g/mol. The third-order valence-electron chi connectivity index (χ3n) is 7.05. The predicted octanol–water partition coefficient (Wildman–Crippen LogP) is 4.29. The zero-order valence-corrected chi connectivity index (χ0v) is 27.7. The first-order valence-electron chi connectivity index (χ1n) is 14.6. The van der Waals surface area contributed by atoms with E-state index >= 15 is 0 Å². The number of hydrogen-bond acceptors (Lipinski definition) is 15. The summed E-state index contributed by atoms with van der Waals surface area (Å²) in [4.78, 5) is 23.7. The molecule has 2 heterocycles. The van der Waals surface area contributed by atoms with Crippen molar-refractivity contribution in [3.8, 4) is 22.8 Å². The quantitative estimate of drug-likeness (QED) is 0.0589. The van der Waals surface area contributed by atoms with Gasteiger partial charge in [0.15, 0.2) is 11.6 Å². The van der Waals surface area contributed by atoms with Gasteiger partial charge in [0, 0.05) is 33.8 Å². The fourth-order valence-electron chi connectivity index (χ4n) is 4.83. The lowest BCUT2D eigenvalue weighted by atomic mass is 10.1. The van der Waals surface area contributed by atoms with E-state index in [1.54, 1.807) is 48.5 Å². The van der Waals surface area contributed by atoms with E-state index in [1.807, 2.05) is 12.1 Å². The molecular weight excluding hydrogens is 699 g/mol. The fourth-order valence-corrected chi connectivity index (χ4v) is 6.28. The SMILES string of the molecule is Nc1nc(Nc2ccccc2)nc(-c2ccc(C=Cc3c(N)cc(-c4nc(N)nc(Nc5ccccc5)n4)cc3S(=O)(=O)O)c(S(=O)(=O)O)c2)n1. The Morgan fingerprint density at radius 1 is 0.549 bits per heavy atom. The van der Waals surface area contributed by atoms with Crippen LogP contribution in [0.15, 0.2) is 101 Å². The summed E-state index contributed by atoms with van der Waals surface area (Å²) < 4.78 is 70.5. The molecule has 2 aromatic heterocycles. The van der Waals surface area contributed by atoms with E-state index in [0.29, 0.717) is 11.4 Å². The van der Waals surface area contributed by atoms with Crippen molar-refractivity contribution in [2.24, 2.45) is 0 Å². The number of nitrogens with zero attached hydrogens (tertiary/aromatic N) is 6. The van der Waals surface area contributed by atoms with Crippen molar-refractivity contribution in [3.63, 3.8) is 0 Å². The molecule has 4 aromatic carbocycles. The Hall–Kier alpha value is -6.54. The molecule has 51 heavy (non-hydrogen) atoms. The summed E-state index contributed by atoms with van der Waals surface area (Å²) >= 11 is 0. The van der Waals surface area contributed by atoms with Gasteiger partial charge < -0.3 is 27.8 Å². The molecule has 0 spiro atoms. The van der Waals surface area contributed by atoms with Gasteiger partial charge in [0.05, 0.1) is 0 Å². The first-order chi connectivity index (χ1) is 24.2. The molecule has 19 heteroatoms. The maximum absolute atomic E-state index is 12.6. The maximum atomic E-state index is 12.6. The lowest BCUT2D eigenvalue weighted by Crippen LogP contribution is -2.08. The van der Waals surface area contributed by atoms with E-state index in [4.69, 9.17) is 17.2 Å². The summed E-state index contributed by atoms with van der Waals surface area (Å²) in [5, 5.41) is 5.95. The monoisotopic (exact) mass is 725 g/mol. The lowest BCUT2D eigenvalue weighted by molar-refractivity contribution is 0.480. The normalized spacial score (nSPS) is 11.8. The number of aromatic nitrogens is 6. The third-order valence-corrected chi connectivity index (χ3v) is 8.86. The second-order valence-electron chi connectivity index (χ2n) is 10.7. The molecule has 0 aliphatic carbocycles. The second-order valence-corrected chi connectivity index (χ2v) is 13.5. The number of hydrogen-bond donors (Lipinski definition) is 7. The number of para-hydroxylation sites is 2. The number of nitrogen functional groups attached to an aromatic ring is 3. The van der Waals surface area contributed by atoms with Crippen molar-refractivity contribution in [2.75, 3.05) is 27.8 Å². The molecule has 17 nitrogen and oxygen atoms in total. The highest BCUT2D eigenvalue weighted by Gasteiger charge is 2.22. The Kier molecular flexibility index (Phi) is 9.26. The Labute approximate surface area is 290 Å². The van der Waals surface area contributed by atoms with Gasteiger partial charge in [-0.25, -0.2) is 0 Å². The lowest BCUT2D eigenvalue weighted by Gasteiger charge is -2.12. The average Bonchev–Trinajstić information content (AvgIpc) is 3.07. The summed E-state index contributed by atoms with van der Waals surface area (Å²) in [6, 6.07) is 24.2. The first-order valence-corrected chi connectivity index (χ1v) is 17.5. The molecule has 0 unspecified atom stereocenters. The number of nitrogens with two attached hydrogens (primary N) is 3. The van der Waals surface area contributed by atoms with Crippen LogP contribution in [-0.2, 0) is 20.2 Å². The van der Waals surface area contributed by atoms with Gasteiger partial charge in [-0.05, 0) is 48.0 Å². The number of nitrogens with one attached hydrogen (secondary N) is 2. The Morgan fingerprint density at radius 2 is 1.04 bits per heavy atom. The molecule has 258 valence electrons. The van der Waals surface area contributed by atoms with Crippen LogP contribution in [-0.4, -0.2) is 55.8 Å². The van der Waals surface area contributed by atoms with Crippen molar-refractivity contribution in [3.05, 3.63) is 102 Å². The van der Waals surface area contributed by atoms with Crippen molar-refractivity contribution in [2.45, 2.75) is 9.79 Å². The zero-order valence-electron chi connectivity index (χ0n) is 26.1. The largest absolute Gasteiger partial charge is 0.398 e. The van der Waals surface area contributed by atoms with Crippen LogP contribution in [0, 0.1) is 0 Å². The van der Waals surface area contributed by atoms with E-state index in [-0.39, 0.29) is 63.4 Å². The molecule has 0 saturated heterocycles. The van der Waals surface area contributed by atoms with Gasteiger partial charge in [-0.3, -0.25) is 9.11 Å². The van der Waals surface area contributed by atoms with Gasteiger partial charge in [-0.1, -0.05) is 60.7 Å². The van der Waals surface area contributed by atoms with Crippen molar-refractivity contribution in [1.29, 1.82) is 0 Å². The Balaban J connectivity index is 1.37. The molecule has 0 aliphatic heterocycles. The molecule has 0 atom stereocenters. The van der Waals surface area contributed by atoms with E-state index in [1.165, 1.54) is 30.4 Å². The summed E-state index contributed by atoms with van der Waals surface area (Å²) in [6.07, 6.45) is 2.36. The van der Waals surface area contributed by atoms with Gasteiger partial charge in [-0.15, -0.1) is 0 Å². The number of benzene rings is 4. The second kappa shape index (κ2) is 13.8. The molecular formula is C32H27N11O6S2. The van der Waals surface area contributed by atoms with Crippen LogP contribution < -0.4 is 27.8 Å². The highest BCUT2D eigenvalue weighted by molar-refractivity contribution is 7.86. The molecule has 6 rings (SSSR count). The van der Waals surface area contributed by atoms with Crippen LogP contribution in [0.25, 0.3) is 34.9 Å². The van der Waals surface area contributed by atoms with E-state index in [9.17, 15) is 25.9 Å². The highest BCUT2D eigenvalue weighted by Crippen LogP contribution is 2.32. The van der Waals surface area contributed by atoms with Crippen molar-refractivity contribution < 1.29 is 25.9 Å². The number of rotatable bonds is 10.